The Labute approximate surface area is 217 Å². The molecule has 2 heterocycles. The van der Waals surface area contributed by atoms with Crippen LogP contribution in [0.4, 0.5) is 4.79 Å². The van der Waals surface area contributed by atoms with E-state index in [1.807, 2.05) is 64.1 Å². The molecule has 0 aliphatic carbocycles. The molecule has 1 saturated heterocycles. The van der Waals surface area contributed by atoms with E-state index in [0.717, 1.165) is 42.6 Å². The third-order valence-corrected chi connectivity index (χ3v) is 5.63. The highest BCUT2D eigenvalue weighted by Crippen LogP contribution is 2.34. The van der Waals surface area contributed by atoms with Gasteiger partial charge in [-0.05, 0) is 52.7 Å². The maximum atomic E-state index is 11.4. The lowest BCUT2D eigenvalue weighted by molar-refractivity contribution is 0.0295. The zero-order valence-electron chi connectivity index (χ0n) is 21.3. The summed E-state index contributed by atoms with van der Waals surface area (Å²) < 4.78 is 10.4. The van der Waals surface area contributed by atoms with E-state index < -0.39 is 0 Å². The van der Waals surface area contributed by atoms with E-state index in [1.54, 1.807) is 17.0 Å². The van der Waals surface area contributed by atoms with Gasteiger partial charge in [0.1, 0.15) is 11.3 Å². The van der Waals surface area contributed by atoms with Crippen molar-refractivity contribution in [1.29, 1.82) is 5.26 Å². The molecule has 7 nitrogen and oxygen atoms in total. The van der Waals surface area contributed by atoms with E-state index in [1.165, 1.54) is 7.11 Å². The number of nitrogens with zero attached hydrogens (tertiary/aromatic N) is 4. The maximum absolute atomic E-state index is 11.4. The summed E-state index contributed by atoms with van der Waals surface area (Å²) in [5.41, 5.74) is 4.47. The van der Waals surface area contributed by atoms with Crippen LogP contribution >= 0.6 is 11.6 Å². The van der Waals surface area contributed by atoms with Crippen LogP contribution in [0.15, 0.2) is 48.5 Å². The first-order valence-electron chi connectivity index (χ1n) is 11.8. The highest BCUT2D eigenvalue weighted by molar-refractivity contribution is 6.30. The van der Waals surface area contributed by atoms with Crippen LogP contribution in [-0.4, -0.2) is 46.8 Å². The third-order valence-electron chi connectivity index (χ3n) is 5.39. The van der Waals surface area contributed by atoms with Gasteiger partial charge in [-0.15, -0.1) is 0 Å². The minimum absolute atomic E-state index is 0.167. The fraction of sp³-hybridized carbons (Fsp3) is 0.357. The number of amides is 1. The second-order valence-electron chi connectivity index (χ2n) is 9.45. The van der Waals surface area contributed by atoms with Crippen LogP contribution in [-0.2, 0) is 4.74 Å². The fourth-order valence-corrected chi connectivity index (χ4v) is 3.78. The van der Waals surface area contributed by atoms with E-state index in [4.69, 9.17) is 26.3 Å². The Morgan fingerprint density at radius 1 is 0.972 bits per heavy atom. The number of carbonyl (C=O) groups excluding carboxylic acids is 1. The van der Waals surface area contributed by atoms with Crippen molar-refractivity contribution in [3.8, 4) is 34.5 Å². The van der Waals surface area contributed by atoms with Gasteiger partial charge >= 0.3 is 6.09 Å². The molecular formula is C28H31ClN4O3. The molecular weight excluding hydrogens is 476 g/mol. The van der Waals surface area contributed by atoms with Gasteiger partial charge in [-0.1, -0.05) is 53.6 Å². The Hall–Kier alpha value is -3.63. The fourth-order valence-electron chi connectivity index (χ4n) is 3.57. The number of methoxy groups -OCH3 is 1. The smallest absolute Gasteiger partial charge is 0.410 e. The topological polar surface area (TPSA) is 88.3 Å². The third kappa shape index (κ3) is 7.19. The zero-order valence-corrected chi connectivity index (χ0v) is 22.1. The maximum Gasteiger partial charge on any atom is 0.410 e. The SMILES string of the molecule is CC(C)(C)OC(=O)N1CCCC1.COc1nc(-c2ccc(C#N)cc2)c(-c2ccc(C)cc2)nc1Cl. The monoisotopic (exact) mass is 506 g/mol. The molecule has 0 N–H and O–H groups in total. The summed E-state index contributed by atoms with van der Waals surface area (Å²) in [4.78, 5) is 22.1. The van der Waals surface area contributed by atoms with Crippen molar-refractivity contribution in [2.24, 2.45) is 0 Å². The molecule has 0 spiro atoms. The molecule has 8 heteroatoms. The average molecular weight is 507 g/mol. The predicted octanol–water partition coefficient (Wildman–Crippen LogP) is 6.67. The number of ether oxygens (including phenoxy) is 2. The van der Waals surface area contributed by atoms with Gasteiger partial charge < -0.3 is 14.4 Å². The van der Waals surface area contributed by atoms with Crippen molar-refractivity contribution in [2.45, 2.75) is 46.1 Å². The molecule has 188 valence electrons. The Bertz CT molecular complexity index is 1220. The molecule has 1 aliphatic rings. The number of benzene rings is 2. The average Bonchev–Trinajstić information content (AvgIpc) is 3.39. The Kier molecular flexibility index (Phi) is 8.89. The van der Waals surface area contributed by atoms with Crippen LogP contribution in [0.25, 0.3) is 22.5 Å². The van der Waals surface area contributed by atoms with Gasteiger partial charge in [0.2, 0.25) is 0 Å². The number of carbonyl (C=O) groups is 1. The quantitative estimate of drug-likeness (QED) is 0.394. The highest BCUT2D eigenvalue weighted by atomic mass is 35.5. The summed E-state index contributed by atoms with van der Waals surface area (Å²) in [5, 5.41) is 9.17. The van der Waals surface area contributed by atoms with Gasteiger partial charge in [0.15, 0.2) is 5.15 Å². The molecule has 1 aliphatic heterocycles. The van der Waals surface area contributed by atoms with Crippen LogP contribution in [0, 0.1) is 18.3 Å². The second kappa shape index (κ2) is 11.9. The first kappa shape index (κ1) is 27.0. The van der Waals surface area contributed by atoms with Crippen LogP contribution in [0.5, 0.6) is 5.88 Å². The van der Waals surface area contributed by atoms with Crippen LogP contribution < -0.4 is 4.74 Å². The lowest BCUT2D eigenvalue weighted by atomic mass is 10.0. The highest BCUT2D eigenvalue weighted by Gasteiger charge is 2.24. The van der Waals surface area contributed by atoms with Crippen molar-refractivity contribution in [3.05, 3.63) is 64.8 Å². The molecule has 4 rings (SSSR count). The van der Waals surface area contributed by atoms with Gasteiger partial charge in [-0.25, -0.2) is 14.8 Å². The van der Waals surface area contributed by atoms with Crippen molar-refractivity contribution < 1.29 is 14.3 Å². The van der Waals surface area contributed by atoms with E-state index in [2.05, 4.69) is 16.0 Å². The first-order chi connectivity index (χ1) is 17.1. The molecule has 1 aromatic heterocycles. The molecule has 36 heavy (non-hydrogen) atoms. The van der Waals surface area contributed by atoms with Gasteiger partial charge in [0, 0.05) is 24.2 Å². The Morgan fingerprint density at radius 3 is 2.00 bits per heavy atom. The van der Waals surface area contributed by atoms with Crippen molar-refractivity contribution in [3.63, 3.8) is 0 Å². The van der Waals surface area contributed by atoms with Crippen molar-refractivity contribution in [1.82, 2.24) is 14.9 Å². The molecule has 0 atom stereocenters. The summed E-state index contributed by atoms with van der Waals surface area (Å²) in [5.74, 6) is 0.270. The van der Waals surface area contributed by atoms with Crippen molar-refractivity contribution >= 4 is 17.7 Å². The summed E-state index contributed by atoms with van der Waals surface area (Å²) in [6, 6.07) is 17.3. The number of aromatic nitrogens is 2. The van der Waals surface area contributed by atoms with Crippen molar-refractivity contribution in [2.75, 3.05) is 20.2 Å². The number of hydrogen-bond donors (Lipinski definition) is 0. The molecule has 1 fully saturated rings. The summed E-state index contributed by atoms with van der Waals surface area (Å²) in [7, 11) is 1.50. The lowest BCUT2D eigenvalue weighted by Crippen LogP contribution is -2.34. The standard InChI is InChI=1S/C19H14ClN3O.C9H17NO2/c1-12-3-7-14(8-4-12)16-17(23-19(24-2)18(20)22-16)15-9-5-13(11-21)6-10-15;1-9(2,3)12-8(11)10-6-4-5-7-10/h3-10H,1-2H3;4-7H2,1-3H3. The number of halogens is 1. The largest absolute Gasteiger partial charge is 0.479 e. The number of rotatable bonds is 3. The van der Waals surface area contributed by atoms with E-state index >= 15 is 0 Å². The second-order valence-corrected chi connectivity index (χ2v) is 9.81. The molecule has 1 amide bonds. The van der Waals surface area contributed by atoms with Crippen LogP contribution in [0.1, 0.15) is 44.7 Å². The number of aryl methyl sites for hydroxylation is 1. The number of likely N-dealkylation sites (tertiary alicyclic amines) is 1. The molecule has 0 radical (unpaired) electrons. The summed E-state index contributed by atoms with van der Waals surface area (Å²) >= 11 is 6.18. The normalized spacial score (nSPS) is 12.9. The Balaban J connectivity index is 0.000000253. The number of nitriles is 1. The Morgan fingerprint density at radius 2 is 1.50 bits per heavy atom. The van der Waals surface area contributed by atoms with E-state index in [9.17, 15) is 4.79 Å². The lowest BCUT2D eigenvalue weighted by Gasteiger charge is -2.23. The van der Waals surface area contributed by atoms with E-state index in [0.29, 0.717) is 17.0 Å². The minimum atomic E-state index is -0.361. The molecule has 2 aromatic carbocycles. The zero-order chi connectivity index (χ0) is 26.3. The van der Waals surface area contributed by atoms with Gasteiger partial charge in [-0.3, -0.25) is 0 Å². The molecule has 3 aromatic rings. The number of hydrogen-bond acceptors (Lipinski definition) is 6. The first-order valence-corrected chi connectivity index (χ1v) is 12.2. The molecule has 0 bridgehead atoms. The van der Waals surface area contributed by atoms with Crippen LogP contribution in [0.2, 0.25) is 5.15 Å². The predicted molar refractivity (Wildman–Crippen MR) is 141 cm³/mol. The molecule has 0 saturated carbocycles. The van der Waals surface area contributed by atoms with E-state index in [-0.39, 0.29) is 22.7 Å². The van der Waals surface area contributed by atoms with Gasteiger partial charge in [0.25, 0.3) is 5.88 Å². The molecule has 0 unspecified atom stereocenters. The van der Waals surface area contributed by atoms with Gasteiger partial charge in [0.05, 0.1) is 24.4 Å². The minimum Gasteiger partial charge on any atom is -0.479 e. The summed E-state index contributed by atoms with van der Waals surface area (Å²) in [6.45, 7) is 9.41. The summed E-state index contributed by atoms with van der Waals surface area (Å²) in [6.07, 6.45) is 2.05. The van der Waals surface area contributed by atoms with Crippen LogP contribution in [0.3, 0.4) is 0 Å². The van der Waals surface area contributed by atoms with Gasteiger partial charge in [-0.2, -0.15) is 5.26 Å².